The summed E-state index contributed by atoms with van der Waals surface area (Å²) < 4.78 is 0. The second-order valence-electron chi connectivity index (χ2n) is 4.96. The lowest BCUT2D eigenvalue weighted by atomic mass is 10.1. The van der Waals surface area contributed by atoms with Crippen LogP contribution in [0.2, 0.25) is 0 Å². The Kier molecular flexibility index (Phi) is 4.65. The van der Waals surface area contributed by atoms with Crippen molar-refractivity contribution in [1.29, 1.82) is 0 Å². The van der Waals surface area contributed by atoms with Gasteiger partial charge >= 0.3 is 0 Å². The number of aromatic nitrogens is 3. The molecule has 1 atom stereocenters. The zero-order valence-electron chi connectivity index (χ0n) is 11.6. The molecule has 2 rings (SSSR count). The molecule has 1 saturated heterocycles. The molecule has 1 amide bonds. The average Bonchev–Trinajstić information content (AvgIpc) is 2.47. The van der Waals surface area contributed by atoms with E-state index in [0.29, 0.717) is 11.9 Å². The van der Waals surface area contributed by atoms with Crippen molar-refractivity contribution in [3.05, 3.63) is 6.33 Å². The number of carbonyl (C=O) groups is 1. The highest BCUT2D eigenvalue weighted by molar-refractivity contribution is 5.90. The van der Waals surface area contributed by atoms with E-state index in [1.54, 1.807) is 0 Å². The number of hydrogen-bond acceptors (Lipinski definition) is 5. The van der Waals surface area contributed by atoms with Gasteiger partial charge < -0.3 is 4.90 Å². The van der Waals surface area contributed by atoms with Crippen molar-refractivity contribution in [2.45, 2.75) is 39.5 Å². The molecule has 1 N–H and O–H groups in total. The SMILES string of the molecule is CCC(C)C(=O)Nc1ncnc(N2CCCCC2)n1. The van der Waals surface area contributed by atoms with Crippen LogP contribution in [0.15, 0.2) is 6.33 Å². The molecule has 0 aromatic carbocycles. The van der Waals surface area contributed by atoms with Gasteiger partial charge in [-0.25, -0.2) is 9.97 Å². The molecule has 104 valence electrons. The lowest BCUT2D eigenvalue weighted by molar-refractivity contribution is -0.119. The predicted molar refractivity (Wildman–Crippen MR) is 74.0 cm³/mol. The zero-order valence-corrected chi connectivity index (χ0v) is 11.6. The first kappa shape index (κ1) is 13.7. The van der Waals surface area contributed by atoms with Crippen molar-refractivity contribution in [3.63, 3.8) is 0 Å². The van der Waals surface area contributed by atoms with Crippen LogP contribution in [0.3, 0.4) is 0 Å². The third-order valence-electron chi connectivity index (χ3n) is 3.49. The minimum atomic E-state index is -0.0432. The van der Waals surface area contributed by atoms with E-state index < -0.39 is 0 Å². The Morgan fingerprint density at radius 1 is 1.37 bits per heavy atom. The Morgan fingerprint density at radius 2 is 2.11 bits per heavy atom. The molecule has 0 bridgehead atoms. The van der Waals surface area contributed by atoms with E-state index in [1.807, 2.05) is 13.8 Å². The number of amides is 1. The smallest absolute Gasteiger partial charge is 0.234 e. The van der Waals surface area contributed by atoms with Gasteiger partial charge in [0.25, 0.3) is 0 Å². The van der Waals surface area contributed by atoms with E-state index in [2.05, 4.69) is 25.2 Å². The van der Waals surface area contributed by atoms with Gasteiger partial charge in [0, 0.05) is 19.0 Å². The molecular weight excluding hydrogens is 242 g/mol. The lowest BCUT2D eigenvalue weighted by Crippen LogP contribution is -2.31. The molecule has 1 aliphatic heterocycles. The van der Waals surface area contributed by atoms with E-state index in [-0.39, 0.29) is 11.8 Å². The zero-order chi connectivity index (χ0) is 13.7. The second-order valence-corrected chi connectivity index (χ2v) is 4.96. The van der Waals surface area contributed by atoms with Crippen LogP contribution in [0.4, 0.5) is 11.9 Å². The third kappa shape index (κ3) is 3.62. The lowest BCUT2D eigenvalue weighted by Gasteiger charge is -2.26. The molecule has 19 heavy (non-hydrogen) atoms. The molecule has 2 heterocycles. The molecule has 0 radical (unpaired) electrons. The average molecular weight is 263 g/mol. The summed E-state index contributed by atoms with van der Waals surface area (Å²) in [5, 5.41) is 2.74. The molecule has 1 fully saturated rings. The molecule has 0 saturated carbocycles. The Labute approximate surface area is 113 Å². The van der Waals surface area contributed by atoms with Crippen LogP contribution in [0.25, 0.3) is 0 Å². The maximum atomic E-state index is 11.8. The van der Waals surface area contributed by atoms with Gasteiger partial charge in [-0.2, -0.15) is 4.98 Å². The van der Waals surface area contributed by atoms with Crippen molar-refractivity contribution >= 4 is 17.8 Å². The highest BCUT2D eigenvalue weighted by atomic mass is 16.2. The van der Waals surface area contributed by atoms with Gasteiger partial charge in [-0.1, -0.05) is 13.8 Å². The van der Waals surface area contributed by atoms with Gasteiger partial charge in [-0.3, -0.25) is 10.1 Å². The first-order valence-electron chi connectivity index (χ1n) is 6.95. The number of nitrogens with one attached hydrogen (secondary N) is 1. The Hall–Kier alpha value is -1.72. The summed E-state index contributed by atoms with van der Waals surface area (Å²) in [5.74, 6) is 0.934. The first-order chi connectivity index (χ1) is 9.20. The van der Waals surface area contributed by atoms with Crippen LogP contribution in [-0.4, -0.2) is 33.9 Å². The number of hydrogen-bond donors (Lipinski definition) is 1. The molecule has 1 aliphatic rings. The normalized spacial score (nSPS) is 17.1. The largest absolute Gasteiger partial charge is 0.341 e. The Bertz CT molecular complexity index is 431. The first-order valence-corrected chi connectivity index (χ1v) is 6.95. The van der Waals surface area contributed by atoms with E-state index in [9.17, 15) is 4.79 Å². The summed E-state index contributed by atoms with van der Waals surface area (Å²) in [4.78, 5) is 26.5. The molecule has 0 aliphatic carbocycles. The van der Waals surface area contributed by atoms with Gasteiger partial charge in [0.15, 0.2) is 0 Å². The van der Waals surface area contributed by atoms with Gasteiger partial charge in [-0.05, 0) is 25.7 Å². The molecule has 6 nitrogen and oxygen atoms in total. The van der Waals surface area contributed by atoms with Gasteiger partial charge in [-0.15, -0.1) is 0 Å². The summed E-state index contributed by atoms with van der Waals surface area (Å²) in [6.07, 6.45) is 5.86. The maximum Gasteiger partial charge on any atom is 0.234 e. The summed E-state index contributed by atoms with van der Waals surface area (Å²) in [7, 11) is 0. The summed E-state index contributed by atoms with van der Waals surface area (Å²) in [6.45, 7) is 5.82. The Balaban J connectivity index is 2.04. The molecule has 1 unspecified atom stereocenters. The van der Waals surface area contributed by atoms with Crippen molar-refractivity contribution < 1.29 is 4.79 Å². The van der Waals surface area contributed by atoms with E-state index >= 15 is 0 Å². The van der Waals surface area contributed by atoms with Crippen LogP contribution in [-0.2, 0) is 4.79 Å². The number of rotatable bonds is 4. The fraction of sp³-hybridized carbons (Fsp3) is 0.692. The maximum absolute atomic E-state index is 11.8. The highest BCUT2D eigenvalue weighted by Gasteiger charge is 2.16. The second kappa shape index (κ2) is 6.45. The number of piperidine rings is 1. The standard InChI is InChI=1S/C13H21N5O/c1-3-10(2)11(19)16-12-14-9-15-13(17-12)18-7-5-4-6-8-18/h9-10H,3-8H2,1-2H3,(H,14,15,16,17,19). The topological polar surface area (TPSA) is 71.0 Å². The van der Waals surface area contributed by atoms with Gasteiger partial charge in [0.05, 0.1) is 0 Å². The molecule has 1 aromatic heterocycles. The number of nitrogens with zero attached hydrogens (tertiary/aromatic N) is 4. The van der Waals surface area contributed by atoms with Crippen LogP contribution in [0.5, 0.6) is 0 Å². The molecule has 0 spiro atoms. The van der Waals surface area contributed by atoms with Crippen LogP contribution >= 0.6 is 0 Å². The number of anilines is 2. The molecule has 6 heteroatoms. The quantitative estimate of drug-likeness (QED) is 0.897. The fourth-order valence-corrected chi connectivity index (χ4v) is 2.01. The van der Waals surface area contributed by atoms with E-state index in [0.717, 1.165) is 19.5 Å². The summed E-state index contributed by atoms with van der Waals surface area (Å²) >= 11 is 0. The van der Waals surface area contributed by atoms with Gasteiger partial charge in [0.1, 0.15) is 6.33 Å². The summed E-state index contributed by atoms with van der Waals surface area (Å²) in [6, 6.07) is 0. The van der Waals surface area contributed by atoms with Gasteiger partial charge in [0.2, 0.25) is 17.8 Å². The third-order valence-corrected chi connectivity index (χ3v) is 3.49. The van der Waals surface area contributed by atoms with Crippen LogP contribution in [0.1, 0.15) is 39.5 Å². The number of carbonyl (C=O) groups excluding carboxylic acids is 1. The van der Waals surface area contributed by atoms with Crippen molar-refractivity contribution in [3.8, 4) is 0 Å². The minimum Gasteiger partial charge on any atom is -0.341 e. The van der Waals surface area contributed by atoms with E-state index in [4.69, 9.17) is 0 Å². The Morgan fingerprint density at radius 3 is 2.79 bits per heavy atom. The van der Waals surface area contributed by atoms with E-state index in [1.165, 1.54) is 25.6 Å². The van der Waals surface area contributed by atoms with Crippen molar-refractivity contribution in [1.82, 2.24) is 15.0 Å². The highest BCUT2D eigenvalue weighted by Crippen LogP contribution is 2.16. The van der Waals surface area contributed by atoms with Crippen molar-refractivity contribution in [2.75, 3.05) is 23.3 Å². The predicted octanol–water partition coefficient (Wildman–Crippen LogP) is 1.85. The minimum absolute atomic E-state index is 0.0322. The fourth-order valence-electron chi connectivity index (χ4n) is 2.01. The van der Waals surface area contributed by atoms with Crippen molar-refractivity contribution in [2.24, 2.45) is 5.92 Å². The monoisotopic (exact) mass is 263 g/mol. The summed E-state index contributed by atoms with van der Waals surface area (Å²) in [5.41, 5.74) is 0. The molecule has 1 aromatic rings. The van der Waals surface area contributed by atoms with Crippen LogP contribution in [0, 0.1) is 5.92 Å². The van der Waals surface area contributed by atoms with Crippen LogP contribution < -0.4 is 10.2 Å². The molecular formula is C13H21N5O.